The third-order valence-electron chi connectivity index (χ3n) is 5.60. The van der Waals surface area contributed by atoms with E-state index in [0.717, 1.165) is 12.5 Å². The van der Waals surface area contributed by atoms with Gasteiger partial charge in [0.05, 0.1) is 12.1 Å². The van der Waals surface area contributed by atoms with E-state index < -0.39 is 30.0 Å². The quantitative estimate of drug-likeness (QED) is 0.515. The summed E-state index contributed by atoms with van der Waals surface area (Å²) in [6, 6.07) is 12.9. The van der Waals surface area contributed by atoms with Gasteiger partial charge in [0.15, 0.2) is 0 Å². The van der Waals surface area contributed by atoms with Gasteiger partial charge in [0.25, 0.3) is 0 Å². The molecule has 1 aliphatic heterocycles. The topological polar surface area (TPSA) is 70.6 Å². The lowest BCUT2D eigenvalue weighted by Gasteiger charge is -2.41. The molecular formula is C23H26BrF3N2O3. The molecule has 1 amide bonds. The molecule has 9 heteroatoms. The van der Waals surface area contributed by atoms with E-state index >= 15 is 0 Å². The van der Waals surface area contributed by atoms with E-state index in [9.17, 15) is 23.1 Å². The summed E-state index contributed by atoms with van der Waals surface area (Å²) in [5.74, 6) is -0.149. The standard InChI is InChI=1S/C23H26BrF3N2O3/c1-14(30)29-18(10-15-6-4-3-5-7-15)20(31)13-28-19-12-22(2,23(25,26)27)32-21-9-8-16(24)11-17(19)21/h3-9,11,18-20,28,31H,10,12-13H2,1-2H3,(H,29,30)/t18-,19-,20-,22-/m0/s1. The largest absolute Gasteiger partial charge is 0.478 e. The third kappa shape index (κ3) is 5.82. The van der Waals surface area contributed by atoms with Crippen LogP contribution in [0.3, 0.4) is 0 Å². The van der Waals surface area contributed by atoms with Crippen LogP contribution in [-0.4, -0.2) is 41.5 Å². The van der Waals surface area contributed by atoms with E-state index in [2.05, 4.69) is 26.6 Å². The third-order valence-corrected chi connectivity index (χ3v) is 6.09. The highest BCUT2D eigenvalue weighted by Crippen LogP contribution is 2.47. The molecule has 1 heterocycles. The average molecular weight is 515 g/mol. The van der Waals surface area contributed by atoms with Crippen molar-refractivity contribution in [2.75, 3.05) is 6.54 Å². The summed E-state index contributed by atoms with van der Waals surface area (Å²) in [6.07, 6.45) is -5.55. The Bertz CT molecular complexity index is 942. The minimum absolute atomic E-state index is 0.0116. The van der Waals surface area contributed by atoms with Crippen molar-refractivity contribution < 1.29 is 27.8 Å². The molecule has 3 rings (SSSR count). The zero-order valence-corrected chi connectivity index (χ0v) is 19.3. The monoisotopic (exact) mass is 514 g/mol. The number of amides is 1. The zero-order chi connectivity index (χ0) is 23.5. The van der Waals surface area contributed by atoms with Crippen molar-refractivity contribution >= 4 is 21.8 Å². The molecule has 174 valence electrons. The highest BCUT2D eigenvalue weighted by atomic mass is 79.9. The molecule has 0 bridgehead atoms. The lowest BCUT2D eigenvalue weighted by molar-refractivity contribution is -0.249. The Balaban J connectivity index is 1.78. The highest BCUT2D eigenvalue weighted by Gasteiger charge is 2.56. The predicted molar refractivity (Wildman–Crippen MR) is 118 cm³/mol. The predicted octanol–water partition coefficient (Wildman–Crippen LogP) is 4.29. The maximum absolute atomic E-state index is 13.7. The molecule has 0 saturated carbocycles. The second-order valence-electron chi connectivity index (χ2n) is 8.24. The fourth-order valence-electron chi connectivity index (χ4n) is 3.84. The number of fused-ring (bicyclic) bond motifs is 1. The van der Waals surface area contributed by atoms with Gasteiger partial charge in [0, 0.05) is 36.0 Å². The minimum atomic E-state index is -4.57. The van der Waals surface area contributed by atoms with Gasteiger partial charge < -0.3 is 20.5 Å². The number of aliphatic hydroxyl groups is 1. The van der Waals surface area contributed by atoms with Crippen LogP contribution in [0.1, 0.15) is 37.4 Å². The number of nitrogens with one attached hydrogen (secondary N) is 2. The van der Waals surface area contributed by atoms with Gasteiger partial charge in [-0.15, -0.1) is 0 Å². The number of carbonyl (C=O) groups is 1. The van der Waals surface area contributed by atoms with Crippen LogP contribution in [0.2, 0.25) is 0 Å². The number of rotatable bonds is 7. The Morgan fingerprint density at radius 3 is 2.59 bits per heavy atom. The van der Waals surface area contributed by atoms with E-state index in [1.807, 2.05) is 30.3 Å². The molecule has 0 fully saturated rings. The molecule has 0 radical (unpaired) electrons. The summed E-state index contributed by atoms with van der Waals surface area (Å²) in [7, 11) is 0. The fraction of sp³-hybridized carbons (Fsp3) is 0.435. The molecule has 0 aromatic heterocycles. The number of benzene rings is 2. The first-order chi connectivity index (χ1) is 15.0. The Hall–Kier alpha value is -2.10. The number of ether oxygens (including phenoxy) is 1. The van der Waals surface area contributed by atoms with Crippen molar-refractivity contribution in [2.24, 2.45) is 0 Å². The van der Waals surface area contributed by atoms with E-state index in [4.69, 9.17) is 4.74 Å². The van der Waals surface area contributed by atoms with Gasteiger partial charge in [-0.1, -0.05) is 46.3 Å². The van der Waals surface area contributed by atoms with E-state index in [-0.39, 0.29) is 24.6 Å². The van der Waals surface area contributed by atoms with Crippen LogP contribution in [0.25, 0.3) is 0 Å². The summed E-state index contributed by atoms with van der Waals surface area (Å²) in [6.45, 7) is 2.38. The summed E-state index contributed by atoms with van der Waals surface area (Å²) in [5, 5.41) is 16.6. The van der Waals surface area contributed by atoms with E-state index in [1.165, 1.54) is 13.0 Å². The molecule has 0 unspecified atom stereocenters. The van der Waals surface area contributed by atoms with E-state index in [1.54, 1.807) is 12.1 Å². The summed E-state index contributed by atoms with van der Waals surface area (Å²) >= 11 is 3.35. The molecule has 5 nitrogen and oxygen atoms in total. The van der Waals surface area contributed by atoms with Gasteiger partial charge in [0.1, 0.15) is 5.75 Å². The van der Waals surface area contributed by atoms with Gasteiger partial charge in [-0.2, -0.15) is 13.2 Å². The Labute approximate surface area is 193 Å². The molecule has 0 aliphatic carbocycles. The Morgan fingerprint density at radius 2 is 1.97 bits per heavy atom. The maximum Gasteiger partial charge on any atom is 0.428 e. The zero-order valence-electron chi connectivity index (χ0n) is 17.7. The number of hydrogen-bond acceptors (Lipinski definition) is 4. The van der Waals surface area contributed by atoms with Gasteiger partial charge in [-0.3, -0.25) is 4.79 Å². The SMILES string of the molecule is CC(=O)N[C@@H](Cc1ccccc1)[C@@H](O)CN[C@H]1C[C@@](C)(C(F)(F)F)Oc2ccc(Br)cc21. The van der Waals surface area contributed by atoms with Gasteiger partial charge >= 0.3 is 6.18 Å². The molecule has 3 N–H and O–H groups in total. The summed E-state index contributed by atoms with van der Waals surface area (Å²) < 4.78 is 47.2. The average Bonchev–Trinajstić information content (AvgIpc) is 2.71. The minimum Gasteiger partial charge on any atom is -0.478 e. The fourth-order valence-corrected chi connectivity index (χ4v) is 4.22. The van der Waals surface area contributed by atoms with Crippen LogP contribution < -0.4 is 15.4 Å². The lowest BCUT2D eigenvalue weighted by atomic mass is 9.87. The second kappa shape index (κ2) is 9.80. The smallest absolute Gasteiger partial charge is 0.428 e. The van der Waals surface area contributed by atoms with Crippen molar-refractivity contribution in [2.45, 2.75) is 56.7 Å². The maximum atomic E-state index is 13.7. The normalized spacial score (nSPS) is 22.4. The van der Waals surface area contributed by atoms with Crippen molar-refractivity contribution in [1.29, 1.82) is 0 Å². The van der Waals surface area contributed by atoms with Gasteiger partial charge in [-0.25, -0.2) is 0 Å². The van der Waals surface area contributed by atoms with Crippen LogP contribution >= 0.6 is 15.9 Å². The molecule has 0 spiro atoms. The summed E-state index contributed by atoms with van der Waals surface area (Å²) in [5.41, 5.74) is -0.861. The number of alkyl halides is 3. The van der Waals surface area contributed by atoms with Crippen molar-refractivity contribution in [3.63, 3.8) is 0 Å². The molecule has 4 atom stereocenters. The van der Waals surface area contributed by atoms with Crippen LogP contribution in [0.5, 0.6) is 5.75 Å². The van der Waals surface area contributed by atoms with Gasteiger partial charge in [-0.05, 0) is 37.1 Å². The van der Waals surface area contributed by atoms with Gasteiger partial charge in [0.2, 0.25) is 11.5 Å². The van der Waals surface area contributed by atoms with Crippen molar-refractivity contribution in [3.05, 3.63) is 64.1 Å². The molecular weight excluding hydrogens is 489 g/mol. The van der Waals surface area contributed by atoms with Crippen molar-refractivity contribution in [1.82, 2.24) is 10.6 Å². The number of carbonyl (C=O) groups excluding carboxylic acids is 1. The number of halogens is 4. The second-order valence-corrected chi connectivity index (χ2v) is 9.16. The van der Waals surface area contributed by atoms with Crippen LogP contribution in [-0.2, 0) is 11.2 Å². The lowest BCUT2D eigenvalue weighted by Crippen LogP contribution is -2.54. The molecule has 0 saturated heterocycles. The first-order valence-electron chi connectivity index (χ1n) is 10.3. The Morgan fingerprint density at radius 1 is 1.28 bits per heavy atom. The Kier molecular flexibility index (Phi) is 7.52. The summed E-state index contributed by atoms with van der Waals surface area (Å²) in [4.78, 5) is 11.7. The first kappa shape index (κ1) is 24.5. The van der Waals surface area contributed by atoms with E-state index in [0.29, 0.717) is 16.5 Å². The van der Waals surface area contributed by atoms with Crippen LogP contribution in [0, 0.1) is 0 Å². The first-order valence-corrected chi connectivity index (χ1v) is 11.1. The number of aliphatic hydroxyl groups excluding tert-OH is 1. The molecule has 1 aliphatic rings. The highest BCUT2D eigenvalue weighted by molar-refractivity contribution is 9.10. The molecule has 32 heavy (non-hydrogen) atoms. The van der Waals surface area contributed by atoms with Crippen LogP contribution in [0.4, 0.5) is 13.2 Å². The number of hydrogen-bond donors (Lipinski definition) is 3. The molecule has 2 aromatic rings. The molecule has 2 aromatic carbocycles. The van der Waals surface area contributed by atoms with Crippen molar-refractivity contribution in [3.8, 4) is 5.75 Å². The van der Waals surface area contributed by atoms with Crippen LogP contribution in [0.15, 0.2) is 53.0 Å².